The molecule has 0 saturated heterocycles. The Kier molecular flexibility index (Phi) is 4.18. The van der Waals surface area contributed by atoms with Crippen molar-refractivity contribution in [3.8, 4) is 0 Å². The van der Waals surface area contributed by atoms with Crippen molar-refractivity contribution in [1.29, 1.82) is 0 Å². The maximum absolute atomic E-state index is 12.8. The Hall–Kier alpha value is -1.89. The number of carbonyl (C=O) groups excluding carboxylic acids is 2. The van der Waals surface area contributed by atoms with Crippen LogP contribution in [0.15, 0.2) is 24.3 Å². The van der Waals surface area contributed by atoms with Crippen LogP contribution >= 0.6 is 0 Å². The van der Waals surface area contributed by atoms with Gasteiger partial charge in [0.05, 0.1) is 29.5 Å². The lowest BCUT2D eigenvalue weighted by atomic mass is 9.70. The van der Waals surface area contributed by atoms with Gasteiger partial charge in [-0.25, -0.2) is 13.2 Å². The van der Waals surface area contributed by atoms with E-state index in [1.165, 1.54) is 19.2 Å². The van der Waals surface area contributed by atoms with Crippen LogP contribution in [0.3, 0.4) is 0 Å². The molecule has 2 saturated carbocycles. The van der Waals surface area contributed by atoms with Crippen LogP contribution in [-0.4, -0.2) is 33.0 Å². The van der Waals surface area contributed by atoms with E-state index in [-0.39, 0.29) is 34.1 Å². The first kappa shape index (κ1) is 17.9. The monoisotopic (exact) mass is 365 g/mol. The molecule has 3 rings (SSSR count). The molecule has 1 N–H and O–H groups in total. The van der Waals surface area contributed by atoms with Crippen molar-refractivity contribution in [2.24, 2.45) is 16.7 Å². The van der Waals surface area contributed by atoms with E-state index < -0.39 is 21.4 Å². The van der Waals surface area contributed by atoms with Crippen LogP contribution in [0, 0.1) is 16.7 Å². The number of hydrogen-bond donors (Lipinski definition) is 1. The summed E-state index contributed by atoms with van der Waals surface area (Å²) in [5.74, 6) is -0.578. The standard InChI is InChI=1S/C18H23NO5S/c1-17(2)12-8-9-18(17,15(20)10-12)11-25(22,23)19-14-7-5-4-6-13(14)16(21)24-3/h4-7,12,19H,8-11H2,1-3H3/t12-,18-/m0/s1. The second-order valence-corrected chi connectivity index (χ2v) is 9.29. The zero-order valence-electron chi connectivity index (χ0n) is 14.7. The maximum atomic E-state index is 12.8. The largest absolute Gasteiger partial charge is 0.465 e. The van der Waals surface area contributed by atoms with Gasteiger partial charge >= 0.3 is 5.97 Å². The number of ether oxygens (including phenoxy) is 1. The molecule has 6 nitrogen and oxygen atoms in total. The van der Waals surface area contributed by atoms with Crippen LogP contribution in [0.1, 0.15) is 43.5 Å². The van der Waals surface area contributed by atoms with Gasteiger partial charge in [-0.05, 0) is 36.3 Å². The van der Waals surface area contributed by atoms with Gasteiger partial charge in [-0.15, -0.1) is 0 Å². The van der Waals surface area contributed by atoms with Gasteiger partial charge in [0.1, 0.15) is 5.78 Å². The Morgan fingerprint density at radius 1 is 1.32 bits per heavy atom. The molecular weight excluding hydrogens is 342 g/mol. The molecule has 0 aromatic heterocycles. The molecule has 25 heavy (non-hydrogen) atoms. The van der Waals surface area contributed by atoms with Crippen LogP contribution in [0.5, 0.6) is 0 Å². The van der Waals surface area contributed by atoms with Crippen molar-refractivity contribution in [3.63, 3.8) is 0 Å². The van der Waals surface area contributed by atoms with Crippen molar-refractivity contribution in [3.05, 3.63) is 29.8 Å². The number of ketones is 1. The zero-order chi connectivity index (χ0) is 18.5. The van der Waals surface area contributed by atoms with Gasteiger partial charge in [-0.2, -0.15) is 0 Å². The number of rotatable bonds is 5. The Labute approximate surface area is 148 Å². The quantitative estimate of drug-likeness (QED) is 0.810. The van der Waals surface area contributed by atoms with Crippen LogP contribution in [0.4, 0.5) is 5.69 Å². The average molecular weight is 365 g/mol. The number of methoxy groups -OCH3 is 1. The van der Waals surface area contributed by atoms with Crippen molar-refractivity contribution >= 4 is 27.5 Å². The summed E-state index contributed by atoms with van der Waals surface area (Å²) in [7, 11) is -2.57. The number of esters is 1. The van der Waals surface area contributed by atoms with Crippen molar-refractivity contribution in [2.75, 3.05) is 17.6 Å². The molecule has 0 radical (unpaired) electrons. The van der Waals surface area contributed by atoms with Crippen LogP contribution in [-0.2, 0) is 19.6 Å². The summed E-state index contributed by atoms with van der Waals surface area (Å²) in [6.07, 6.45) is 1.94. The molecule has 2 aliphatic carbocycles. The van der Waals surface area contributed by atoms with Gasteiger partial charge in [-0.3, -0.25) is 9.52 Å². The number of carbonyl (C=O) groups is 2. The fraction of sp³-hybridized carbons (Fsp3) is 0.556. The third kappa shape index (κ3) is 2.74. The van der Waals surface area contributed by atoms with E-state index in [1.54, 1.807) is 12.1 Å². The highest BCUT2D eigenvalue weighted by Gasteiger charge is 2.65. The van der Waals surface area contributed by atoms with Gasteiger partial charge in [0, 0.05) is 6.42 Å². The third-order valence-corrected chi connectivity index (χ3v) is 7.58. The molecule has 2 aliphatic rings. The SMILES string of the molecule is COC(=O)c1ccccc1NS(=O)(=O)C[C@@]12CC[C@@H](CC1=O)C2(C)C. The summed E-state index contributed by atoms with van der Waals surface area (Å²) in [5.41, 5.74) is -0.861. The fourth-order valence-electron chi connectivity index (χ4n) is 4.50. The Balaban J connectivity index is 1.90. The minimum atomic E-state index is -3.81. The molecule has 0 amide bonds. The molecule has 2 fully saturated rings. The Morgan fingerprint density at radius 2 is 2.00 bits per heavy atom. The summed E-state index contributed by atoms with van der Waals surface area (Å²) in [4.78, 5) is 24.4. The first-order valence-corrected chi connectivity index (χ1v) is 9.99. The van der Waals surface area contributed by atoms with E-state index in [4.69, 9.17) is 4.74 Å². The van der Waals surface area contributed by atoms with Gasteiger partial charge in [0.25, 0.3) is 0 Å². The highest BCUT2D eigenvalue weighted by molar-refractivity contribution is 7.92. The lowest BCUT2D eigenvalue weighted by molar-refractivity contribution is -0.128. The molecule has 0 heterocycles. The zero-order valence-corrected chi connectivity index (χ0v) is 15.5. The molecular formula is C18H23NO5S. The number of sulfonamides is 1. The average Bonchev–Trinajstić information content (AvgIpc) is 2.88. The number of fused-ring (bicyclic) bond motifs is 2. The third-order valence-electron chi connectivity index (χ3n) is 6.17. The lowest BCUT2D eigenvalue weighted by Gasteiger charge is -2.36. The smallest absolute Gasteiger partial charge is 0.339 e. The van der Waals surface area contributed by atoms with E-state index in [0.29, 0.717) is 12.8 Å². The molecule has 7 heteroatoms. The van der Waals surface area contributed by atoms with E-state index in [0.717, 1.165) is 6.42 Å². The van der Waals surface area contributed by atoms with Crippen LogP contribution in [0.2, 0.25) is 0 Å². The van der Waals surface area contributed by atoms with E-state index in [9.17, 15) is 18.0 Å². The van der Waals surface area contributed by atoms with Gasteiger partial charge in [0.2, 0.25) is 10.0 Å². The summed E-state index contributed by atoms with van der Waals surface area (Å²) in [5, 5.41) is 0. The predicted molar refractivity (Wildman–Crippen MR) is 93.8 cm³/mol. The number of para-hydroxylation sites is 1. The number of nitrogens with one attached hydrogen (secondary N) is 1. The highest BCUT2D eigenvalue weighted by atomic mass is 32.2. The molecule has 136 valence electrons. The second-order valence-electron chi connectivity index (χ2n) is 7.57. The Bertz CT molecular complexity index is 830. The number of benzene rings is 1. The van der Waals surface area contributed by atoms with Gasteiger partial charge < -0.3 is 4.74 Å². The second kappa shape index (κ2) is 5.83. The molecule has 2 atom stereocenters. The van der Waals surface area contributed by atoms with Crippen molar-refractivity contribution < 1.29 is 22.7 Å². The first-order chi connectivity index (χ1) is 11.6. The van der Waals surface area contributed by atoms with Crippen molar-refractivity contribution in [2.45, 2.75) is 33.1 Å². The van der Waals surface area contributed by atoms with Gasteiger partial charge in [-0.1, -0.05) is 26.0 Å². The minimum absolute atomic E-state index is 0.0420. The topological polar surface area (TPSA) is 89.5 Å². The Morgan fingerprint density at radius 3 is 2.56 bits per heavy atom. The molecule has 0 unspecified atom stereocenters. The van der Waals surface area contributed by atoms with Crippen LogP contribution in [0.25, 0.3) is 0 Å². The number of hydrogen-bond acceptors (Lipinski definition) is 5. The van der Waals surface area contributed by atoms with Crippen LogP contribution < -0.4 is 4.72 Å². The molecule has 0 aliphatic heterocycles. The van der Waals surface area contributed by atoms with Crippen molar-refractivity contribution in [1.82, 2.24) is 0 Å². The summed E-state index contributed by atoms with van der Waals surface area (Å²) < 4.78 is 32.8. The number of Topliss-reactive ketones (excluding diaryl/α,β-unsaturated/α-hetero) is 1. The molecule has 2 bridgehead atoms. The minimum Gasteiger partial charge on any atom is -0.465 e. The molecule has 1 aromatic rings. The predicted octanol–water partition coefficient (Wildman–Crippen LogP) is 2.61. The highest BCUT2D eigenvalue weighted by Crippen LogP contribution is 2.64. The fourth-order valence-corrected chi connectivity index (χ4v) is 6.41. The first-order valence-electron chi connectivity index (χ1n) is 8.34. The van der Waals surface area contributed by atoms with E-state index >= 15 is 0 Å². The maximum Gasteiger partial charge on any atom is 0.339 e. The summed E-state index contributed by atoms with van der Waals surface area (Å²) in [6.45, 7) is 3.99. The molecule has 1 aromatic carbocycles. The molecule has 0 spiro atoms. The lowest BCUT2D eigenvalue weighted by Crippen LogP contribution is -2.43. The normalized spacial score (nSPS) is 27.3. The number of anilines is 1. The van der Waals surface area contributed by atoms with E-state index in [1.807, 2.05) is 13.8 Å². The summed E-state index contributed by atoms with van der Waals surface area (Å²) in [6, 6.07) is 6.28. The van der Waals surface area contributed by atoms with E-state index in [2.05, 4.69) is 4.72 Å². The summed E-state index contributed by atoms with van der Waals surface area (Å²) >= 11 is 0. The van der Waals surface area contributed by atoms with Gasteiger partial charge in [0.15, 0.2) is 0 Å².